The fourth-order valence-electron chi connectivity index (χ4n) is 2.46. The Hall–Kier alpha value is -2.89. The molecule has 0 aliphatic heterocycles. The van der Waals surface area contributed by atoms with Crippen LogP contribution < -0.4 is 4.74 Å². The number of carboxylic acid groups (broad SMARTS) is 1. The molecule has 2 rings (SSSR count). The molecule has 5 nitrogen and oxygen atoms in total. The quantitative estimate of drug-likeness (QED) is 0.835. The van der Waals surface area contributed by atoms with E-state index < -0.39 is 17.7 Å². The van der Waals surface area contributed by atoms with Crippen molar-refractivity contribution in [2.45, 2.75) is 13.3 Å². The zero-order valence-electron chi connectivity index (χ0n) is 14.2. The van der Waals surface area contributed by atoms with E-state index in [1.165, 1.54) is 17.0 Å². The molecule has 0 radical (unpaired) electrons. The molecule has 132 valence electrons. The standard InChI is InChI=1S/C19H20FNO4/c1-3-21(11-10-18(22)23)19(24)16-9-6-14(12-17(16)20)13-4-7-15(25-2)8-5-13/h4-9,12H,3,10-11H2,1-2H3,(H,22,23). The number of methoxy groups -OCH3 is 1. The van der Waals surface area contributed by atoms with Crippen LogP contribution in [0.15, 0.2) is 42.5 Å². The zero-order chi connectivity index (χ0) is 18.4. The Morgan fingerprint density at radius 3 is 2.28 bits per heavy atom. The van der Waals surface area contributed by atoms with Crippen LogP contribution in [0.1, 0.15) is 23.7 Å². The predicted molar refractivity (Wildman–Crippen MR) is 92.2 cm³/mol. The number of aliphatic carboxylic acids is 1. The Labute approximate surface area is 145 Å². The summed E-state index contributed by atoms with van der Waals surface area (Å²) in [7, 11) is 1.57. The average Bonchev–Trinajstić information content (AvgIpc) is 2.61. The smallest absolute Gasteiger partial charge is 0.305 e. The summed E-state index contributed by atoms with van der Waals surface area (Å²) < 4.78 is 19.5. The van der Waals surface area contributed by atoms with Crippen molar-refractivity contribution >= 4 is 11.9 Å². The lowest BCUT2D eigenvalue weighted by Gasteiger charge is -2.20. The first-order chi connectivity index (χ1) is 12.0. The van der Waals surface area contributed by atoms with Gasteiger partial charge in [-0.05, 0) is 42.3 Å². The minimum Gasteiger partial charge on any atom is -0.497 e. The minimum absolute atomic E-state index is 0.0460. The second-order valence-electron chi connectivity index (χ2n) is 5.45. The van der Waals surface area contributed by atoms with Gasteiger partial charge in [-0.3, -0.25) is 9.59 Å². The molecule has 0 aliphatic rings. The monoisotopic (exact) mass is 345 g/mol. The molecular formula is C19H20FNO4. The SMILES string of the molecule is CCN(CCC(=O)O)C(=O)c1ccc(-c2ccc(OC)cc2)cc1F. The summed E-state index contributed by atoms with van der Waals surface area (Å²) in [5, 5.41) is 8.74. The van der Waals surface area contributed by atoms with Crippen molar-refractivity contribution in [3.8, 4) is 16.9 Å². The van der Waals surface area contributed by atoms with E-state index in [4.69, 9.17) is 9.84 Å². The Morgan fingerprint density at radius 1 is 1.12 bits per heavy atom. The predicted octanol–water partition coefficient (Wildman–Crippen LogP) is 3.44. The molecule has 0 aromatic heterocycles. The van der Waals surface area contributed by atoms with Crippen LogP contribution in [0.5, 0.6) is 5.75 Å². The van der Waals surface area contributed by atoms with Gasteiger partial charge in [-0.1, -0.05) is 18.2 Å². The number of amides is 1. The van der Waals surface area contributed by atoms with E-state index in [1.807, 2.05) is 0 Å². The van der Waals surface area contributed by atoms with Crippen molar-refractivity contribution in [2.24, 2.45) is 0 Å². The number of benzene rings is 2. The molecule has 1 amide bonds. The van der Waals surface area contributed by atoms with Crippen LogP contribution in [-0.2, 0) is 4.79 Å². The van der Waals surface area contributed by atoms with E-state index in [1.54, 1.807) is 44.4 Å². The fourth-order valence-corrected chi connectivity index (χ4v) is 2.46. The van der Waals surface area contributed by atoms with Gasteiger partial charge < -0.3 is 14.7 Å². The van der Waals surface area contributed by atoms with Crippen molar-refractivity contribution < 1.29 is 23.8 Å². The number of halogens is 1. The number of carbonyl (C=O) groups is 2. The zero-order valence-corrected chi connectivity index (χ0v) is 14.2. The van der Waals surface area contributed by atoms with Crippen molar-refractivity contribution in [3.63, 3.8) is 0 Å². The van der Waals surface area contributed by atoms with Gasteiger partial charge in [-0.2, -0.15) is 0 Å². The number of ether oxygens (including phenoxy) is 1. The highest BCUT2D eigenvalue weighted by Crippen LogP contribution is 2.25. The lowest BCUT2D eigenvalue weighted by atomic mass is 10.0. The van der Waals surface area contributed by atoms with Gasteiger partial charge >= 0.3 is 5.97 Å². The third-order valence-electron chi connectivity index (χ3n) is 3.89. The molecule has 0 bridgehead atoms. The van der Waals surface area contributed by atoms with Gasteiger partial charge in [0.2, 0.25) is 0 Å². The molecule has 0 saturated heterocycles. The van der Waals surface area contributed by atoms with Gasteiger partial charge in [0.25, 0.3) is 5.91 Å². The lowest BCUT2D eigenvalue weighted by molar-refractivity contribution is -0.137. The molecule has 25 heavy (non-hydrogen) atoms. The first kappa shape index (κ1) is 18.4. The van der Waals surface area contributed by atoms with E-state index in [9.17, 15) is 14.0 Å². The molecule has 1 N–H and O–H groups in total. The molecule has 0 unspecified atom stereocenters. The molecule has 0 aliphatic carbocycles. The third kappa shape index (κ3) is 4.56. The Bertz CT molecular complexity index is 759. The maximum atomic E-state index is 14.4. The second kappa shape index (κ2) is 8.28. The summed E-state index contributed by atoms with van der Waals surface area (Å²) in [4.78, 5) is 24.4. The van der Waals surface area contributed by atoms with Crippen molar-refractivity contribution in [1.29, 1.82) is 0 Å². The normalized spacial score (nSPS) is 10.4. The van der Waals surface area contributed by atoms with Crippen LogP contribution in [0, 0.1) is 5.82 Å². The first-order valence-electron chi connectivity index (χ1n) is 7.91. The van der Waals surface area contributed by atoms with E-state index in [0.717, 1.165) is 5.56 Å². The Kier molecular flexibility index (Phi) is 6.11. The van der Waals surface area contributed by atoms with Crippen LogP contribution >= 0.6 is 0 Å². The summed E-state index contributed by atoms with van der Waals surface area (Å²) in [6.07, 6.45) is -0.175. The molecule has 0 spiro atoms. The Morgan fingerprint density at radius 2 is 1.76 bits per heavy atom. The van der Waals surface area contributed by atoms with Crippen molar-refractivity contribution in [3.05, 3.63) is 53.8 Å². The summed E-state index contributed by atoms with van der Waals surface area (Å²) in [6, 6.07) is 11.6. The van der Waals surface area contributed by atoms with E-state index in [0.29, 0.717) is 17.9 Å². The number of carboxylic acids is 1. The number of rotatable bonds is 7. The van der Waals surface area contributed by atoms with Crippen LogP contribution in [0.2, 0.25) is 0 Å². The summed E-state index contributed by atoms with van der Waals surface area (Å²) in [5.74, 6) is -1.44. The Balaban J connectivity index is 2.22. The highest BCUT2D eigenvalue weighted by atomic mass is 19.1. The minimum atomic E-state index is -0.999. The molecule has 0 saturated carbocycles. The third-order valence-corrected chi connectivity index (χ3v) is 3.89. The van der Waals surface area contributed by atoms with Gasteiger partial charge in [-0.15, -0.1) is 0 Å². The largest absolute Gasteiger partial charge is 0.497 e. The second-order valence-corrected chi connectivity index (χ2v) is 5.45. The van der Waals surface area contributed by atoms with Crippen molar-refractivity contribution in [2.75, 3.05) is 20.2 Å². The van der Waals surface area contributed by atoms with Gasteiger partial charge in [0.15, 0.2) is 0 Å². The molecule has 2 aromatic carbocycles. The van der Waals surface area contributed by atoms with Gasteiger partial charge in [-0.25, -0.2) is 4.39 Å². The topological polar surface area (TPSA) is 66.8 Å². The molecular weight excluding hydrogens is 325 g/mol. The lowest BCUT2D eigenvalue weighted by Crippen LogP contribution is -2.33. The first-order valence-corrected chi connectivity index (χ1v) is 7.91. The van der Waals surface area contributed by atoms with Crippen molar-refractivity contribution in [1.82, 2.24) is 4.90 Å². The maximum absolute atomic E-state index is 14.4. The number of hydrogen-bond acceptors (Lipinski definition) is 3. The van der Waals surface area contributed by atoms with Gasteiger partial charge in [0, 0.05) is 13.1 Å². The molecule has 6 heteroatoms. The number of carbonyl (C=O) groups excluding carboxylic acids is 1. The van der Waals surface area contributed by atoms with Crippen LogP contribution in [0.25, 0.3) is 11.1 Å². The van der Waals surface area contributed by atoms with E-state index in [-0.39, 0.29) is 18.5 Å². The van der Waals surface area contributed by atoms with Gasteiger partial charge in [0.05, 0.1) is 19.1 Å². The van der Waals surface area contributed by atoms with Crippen LogP contribution in [-0.4, -0.2) is 42.1 Å². The average molecular weight is 345 g/mol. The highest BCUT2D eigenvalue weighted by Gasteiger charge is 2.19. The maximum Gasteiger partial charge on any atom is 0.305 e. The number of hydrogen-bond donors (Lipinski definition) is 1. The molecule has 2 aromatic rings. The fraction of sp³-hybridized carbons (Fsp3) is 0.263. The highest BCUT2D eigenvalue weighted by molar-refractivity contribution is 5.95. The summed E-state index contributed by atoms with van der Waals surface area (Å²) >= 11 is 0. The van der Waals surface area contributed by atoms with E-state index >= 15 is 0 Å². The van der Waals surface area contributed by atoms with Gasteiger partial charge in [0.1, 0.15) is 11.6 Å². The van der Waals surface area contributed by atoms with Crippen LogP contribution in [0.3, 0.4) is 0 Å². The summed E-state index contributed by atoms with van der Waals surface area (Å²) in [6.45, 7) is 2.08. The summed E-state index contributed by atoms with van der Waals surface area (Å²) in [5.41, 5.74) is 1.38. The number of nitrogens with zero attached hydrogens (tertiary/aromatic N) is 1. The van der Waals surface area contributed by atoms with E-state index in [2.05, 4.69) is 0 Å². The van der Waals surface area contributed by atoms with Crippen LogP contribution in [0.4, 0.5) is 4.39 Å². The molecule has 0 heterocycles. The molecule has 0 atom stereocenters. The molecule has 0 fully saturated rings.